The molecule has 100 valence electrons. The number of carbonyl (C=O) groups excluding carboxylic acids is 1. The van der Waals surface area contributed by atoms with Crippen molar-refractivity contribution in [1.29, 1.82) is 0 Å². The highest BCUT2D eigenvalue weighted by Crippen LogP contribution is 2.32. The fourth-order valence-corrected chi connectivity index (χ4v) is 1.82. The largest absolute Gasteiger partial charge is 0.507 e. The average molecular weight is 262 g/mol. The minimum atomic E-state index is -0.666. The Bertz CT molecular complexity index is 569. The van der Waals surface area contributed by atoms with Gasteiger partial charge in [0.25, 0.3) is 0 Å². The zero-order valence-electron chi connectivity index (χ0n) is 10.6. The first-order chi connectivity index (χ1) is 9.19. The number of phenols is 1. The molecular weight excluding hydrogens is 248 g/mol. The van der Waals surface area contributed by atoms with Gasteiger partial charge in [-0.2, -0.15) is 0 Å². The first-order valence-corrected chi connectivity index (χ1v) is 5.63. The topological polar surface area (TPSA) is 68.9 Å². The Morgan fingerprint density at radius 3 is 2.53 bits per heavy atom. The van der Waals surface area contributed by atoms with Crippen LogP contribution in [0.2, 0.25) is 0 Å². The van der Waals surface area contributed by atoms with E-state index in [9.17, 15) is 9.90 Å². The average Bonchev–Trinajstić information content (AvgIpc) is 2.91. The van der Waals surface area contributed by atoms with Crippen LogP contribution in [0, 0.1) is 0 Å². The van der Waals surface area contributed by atoms with Gasteiger partial charge in [-0.15, -0.1) is 0 Å². The number of phenolic OH excluding ortho intramolecular Hbond substituents is 1. The smallest absolute Gasteiger partial charge is 0.186 e. The highest BCUT2D eigenvalue weighted by atomic mass is 16.7. The van der Waals surface area contributed by atoms with E-state index in [1.54, 1.807) is 24.3 Å². The third-order valence-corrected chi connectivity index (χ3v) is 2.74. The number of ether oxygens (including phenoxy) is 2. The van der Waals surface area contributed by atoms with Gasteiger partial charge in [-0.25, -0.2) is 0 Å². The Morgan fingerprint density at radius 1 is 1.21 bits per heavy atom. The van der Waals surface area contributed by atoms with Gasteiger partial charge < -0.3 is 19.0 Å². The molecule has 0 saturated heterocycles. The molecule has 0 atom stereocenters. The van der Waals surface area contributed by atoms with E-state index in [0.717, 1.165) is 5.56 Å². The van der Waals surface area contributed by atoms with Gasteiger partial charge in [0, 0.05) is 19.8 Å². The highest BCUT2D eigenvalue weighted by molar-refractivity contribution is 5.73. The standard InChI is InChI=1S/C14H14O5/c1-17-14(18-2)11-7-9(3-5-12(11)16)13-6-4-10(8-15)19-13/h3-8,14,16H,1-2H3. The van der Waals surface area contributed by atoms with Crippen LogP contribution in [0.15, 0.2) is 34.7 Å². The molecule has 0 aliphatic rings. The number of carbonyl (C=O) groups is 1. The first kappa shape index (κ1) is 13.3. The van der Waals surface area contributed by atoms with Crippen LogP contribution in [0.4, 0.5) is 0 Å². The van der Waals surface area contributed by atoms with Crippen molar-refractivity contribution < 1.29 is 23.8 Å². The van der Waals surface area contributed by atoms with E-state index in [2.05, 4.69) is 0 Å². The second-order valence-electron chi connectivity index (χ2n) is 3.90. The number of methoxy groups -OCH3 is 2. The Balaban J connectivity index is 2.42. The fourth-order valence-electron chi connectivity index (χ4n) is 1.82. The van der Waals surface area contributed by atoms with Crippen molar-refractivity contribution in [1.82, 2.24) is 0 Å². The van der Waals surface area contributed by atoms with Crippen LogP contribution in [0.1, 0.15) is 22.4 Å². The van der Waals surface area contributed by atoms with E-state index < -0.39 is 6.29 Å². The third-order valence-electron chi connectivity index (χ3n) is 2.74. The molecule has 0 radical (unpaired) electrons. The summed E-state index contributed by atoms with van der Waals surface area (Å²) in [4.78, 5) is 10.6. The second kappa shape index (κ2) is 5.69. The zero-order valence-corrected chi connectivity index (χ0v) is 10.6. The maximum absolute atomic E-state index is 10.6. The predicted octanol–water partition coefficient (Wildman–Crippen LogP) is 2.76. The second-order valence-corrected chi connectivity index (χ2v) is 3.90. The van der Waals surface area contributed by atoms with E-state index in [1.165, 1.54) is 20.3 Å². The lowest BCUT2D eigenvalue weighted by Gasteiger charge is -2.15. The van der Waals surface area contributed by atoms with E-state index >= 15 is 0 Å². The summed E-state index contributed by atoms with van der Waals surface area (Å²) in [5, 5.41) is 9.82. The molecule has 0 aliphatic heterocycles. The maximum atomic E-state index is 10.6. The van der Waals surface area contributed by atoms with Gasteiger partial charge in [-0.3, -0.25) is 4.79 Å². The fraction of sp³-hybridized carbons (Fsp3) is 0.214. The quantitative estimate of drug-likeness (QED) is 0.662. The van der Waals surface area contributed by atoms with Crippen molar-refractivity contribution in [3.8, 4) is 17.1 Å². The molecule has 0 amide bonds. The van der Waals surface area contributed by atoms with Gasteiger partial charge in [0.1, 0.15) is 11.5 Å². The van der Waals surface area contributed by atoms with Crippen molar-refractivity contribution in [3.05, 3.63) is 41.7 Å². The molecular formula is C14H14O5. The Kier molecular flexibility index (Phi) is 3.99. The summed E-state index contributed by atoms with van der Waals surface area (Å²) in [5.74, 6) is 0.855. The summed E-state index contributed by atoms with van der Waals surface area (Å²) in [6.45, 7) is 0. The molecule has 1 aromatic carbocycles. The van der Waals surface area contributed by atoms with Gasteiger partial charge in [0.05, 0.1) is 5.56 Å². The number of benzene rings is 1. The first-order valence-electron chi connectivity index (χ1n) is 5.63. The molecule has 1 heterocycles. The van der Waals surface area contributed by atoms with Gasteiger partial charge in [0.15, 0.2) is 18.3 Å². The summed E-state index contributed by atoms with van der Waals surface area (Å²) in [6.07, 6.45) is -0.0294. The molecule has 0 bridgehead atoms. The number of aromatic hydroxyl groups is 1. The molecule has 0 spiro atoms. The summed E-state index contributed by atoms with van der Waals surface area (Å²) in [6, 6.07) is 8.18. The summed E-state index contributed by atoms with van der Waals surface area (Å²) < 4.78 is 15.6. The predicted molar refractivity (Wildman–Crippen MR) is 68.0 cm³/mol. The van der Waals surface area contributed by atoms with Gasteiger partial charge in [-0.1, -0.05) is 0 Å². The SMILES string of the molecule is COC(OC)c1cc(-c2ccc(C=O)o2)ccc1O. The van der Waals surface area contributed by atoms with E-state index in [0.29, 0.717) is 17.6 Å². The summed E-state index contributed by atoms with van der Waals surface area (Å²) >= 11 is 0. The van der Waals surface area contributed by atoms with E-state index in [-0.39, 0.29) is 11.5 Å². The van der Waals surface area contributed by atoms with Crippen LogP contribution in [0.5, 0.6) is 5.75 Å². The maximum Gasteiger partial charge on any atom is 0.186 e. The number of aldehydes is 1. The van der Waals surface area contributed by atoms with Crippen molar-refractivity contribution in [2.24, 2.45) is 0 Å². The molecule has 0 fully saturated rings. The van der Waals surface area contributed by atoms with Crippen molar-refractivity contribution >= 4 is 6.29 Å². The molecule has 0 unspecified atom stereocenters. The van der Waals surface area contributed by atoms with Crippen molar-refractivity contribution in [2.45, 2.75) is 6.29 Å². The van der Waals surface area contributed by atoms with E-state index in [4.69, 9.17) is 13.9 Å². The molecule has 19 heavy (non-hydrogen) atoms. The van der Waals surface area contributed by atoms with Crippen LogP contribution in [-0.4, -0.2) is 25.6 Å². The molecule has 0 aliphatic carbocycles. The molecule has 1 aromatic heterocycles. The number of rotatable bonds is 5. The van der Waals surface area contributed by atoms with Gasteiger partial charge in [-0.05, 0) is 30.3 Å². The molecule has 5 heteroatoms. The lowest BCUT2D eigenvalue weighted by atomic mass is 10.1. The highest BCUT2D eigenvalue weighted by Gasteiger charge is 2.16. The lowest BCUT2D eigenvalue weighted by molar-refractivity contribution is -0.106. The van der Waals surface area contributed by atoms with Gasteiger partial charge >= 0.3 is 0 Å². The molecule has 0 saturated carbocycles. The molecule has 5 nitrogen and oxygen atoms in total. The number of furan rings is 1. The Morgan fingerprint density at radius 2 is 1.95 bits per heavy atom. The van der Waals surface area contributed by atoms with Crippen LogP contribution in [-0.2, 0) is 9.47 Å². The van der Waals surface area contributed by atoms with Crippen LogP contribution in [0.3, 0.4) is 0 Å². The van der Waals surface area contributed by atoms with Crippen LogP contribution < -0.4 is 0 Å². The Hall–Kier alpha value is -2.11. The Labute approximate surface area is 110 Å². The summed E-state index contributed by atoms with van der Waals surface area (Å²) in [7, 11) is 2.97. The number of hydrogen-bond acceptors (Lipinski definition) is 5. The zero-order chi connectivity index (χ0) is 13.8. The molecule has 2 aromatic rings. The lowest BCUT2D eigenvalue weighted by Crippen LogP contribution is -2.04. The minimum absolute atomic E-state index is 0.0691. The minimum Gasteiger partial charge on any atom is -0.507 e. The van der Waals surface area contributed by atoms with Gasteiger partial charge in [0.2, 0.25) is 0 Å². The summed E-state index contributed by atoms with van der Waals surface area (Å²) in [5.41, 5.74) is 1.21. The van der Waals surface area contributed by atoms with Crippen molar-refractivity contribution in [2.75, 3.05) is 14.2 Å². The third kappa shape index (κ3) is 2.67. The monoisotopic (exact) mass is 262 g/mol. The normalized spacial score (nSPS) is 10.9. The number of hydrogen-bond donors (Lipinski definition) is 1. The van der Waals surface area contributed by atoms with Crippen molar-refractivity contribution in [3.63, 3.8) is 0 Å². The molecule has 2 rings (SSSR count). The van der Waals surface area contributed by atoms with Crippen LogP contribution in [0.25, 0.3) is 11.3 Å². The van der Waals surface area contributed by atoms with Crippen LogP contribution >= 0.6 is 0 Å². The molecule has 1 N–H and O–H groups in total. The van der Waals surface area contributed by atoms with E-state index in [1.807, 2.05) is 0 Å².